The number of aromatic nitrogens is 2. The first-order chi connectivity index (χ1) is 39.1. The van der Waals surface area contributed by atoms with E-state index in [0.717, 1.165) is 0 Å². The second kappa shape index (κ2) is 26.0. The molecule has 0 radical (unpaired) electrons. The Bertz CT molecular complexity index is 3220. The van der Waals surface area contributed by atoms with Gasteiger partial charge in [0.05, 0.1) is 67.3 Å². The van der Waals surface area contributed by atoms with Gasteiger partial charge in [0, 0.05) is 42.0 Å². The van der Waals surface area contributed by atoms with Gasteiger partial charge >= 0.3 is 5.97 Å². The number of amides is 7. The lowest BCUT2D eigenvalue weighted by atomic mass is 9.81. The Balaban J connectivity index is 0.784. The molecule has 2 aromatic carbocycles. The maximum absolute atomic E-state index is 15.4. The van der Waals surface area contributed by atoms with Crippen molar-refractivity contribution in [2.24, 2.45) is 5.73 Å². The lowest BCUT2D eigenvalue weighted by molar-refractivity contribution is -0.227. The number of carbonyl (C=O) groups excluding carboxylic acids is 8. The van der Waals surface area contributed by atoms with Crippen molar-refractivity contribution in [3.8, 4) is 11.4 Å². The molecule has 1 fully saturated rings. The van der Waals surface area contributed by atoms with Gasteiger partial charge in [-0.1, -0.05) is 37.3 Å². The highest BCUT2D eigenvalue weighted by Crippen LogP contribution is 2.46. The molecule has 5 heterocycles. The fourth-order valence-electron chi connectivity index (χ4n) is 10.5. The number of hydrogen-bond donors (Lipinski definition) is 13. The van der Waals surface area contributed by atoms with E-state index >= 15 is 4.39 Å². The third-order valence-electron chi connectivity index (χ3n) is 15.1. The van der Waals surface area contributed by atoms with Crippen LogP contribution in [0.15, 0.2) is 47.3 Å². The van der Waals surface area contributed by atoms with Crippen LogP contribution in [0.4, 0.5) is 4.39 Å². The molecule has 82 heavy (non-hydrogen) atoms. The second-order valence-corrected chi connectivity index (χ2v) is 20.4. The molecule has 1 saturated heterocycles. The monoisotopic (exact) mass is 1140 g/mol. The van der Waals surface area contributed by atoms with Crippen molar-refractivity contribution in [1.29, 1.82) is 0 Å². The van der Waals surface area contributed by atoms with Crippen LogP contribution in [0.5, 0.6) is 0 Å². The van der Waals surface area contributed by atoms with Crippen molar-refractivity contribution in [1.82, 2.24) is 46.8 Å². The maximum atomic E-state index is 15.4. The minimum absolute atomic E-state index is 0.0168. The Morgan fingerprint density at radius 3 is 2.28 bits per heavy atom. The number of aryl methyl sites for hydroxylation is 1. The molecule has 4 aliphatic rings. The molecule has 1 aliphatic carbocycles. The first kappa shape index (κ1) is 60.3. The van der Waals surface area contributed by atoms with Crippen molar-refractivity contribution in [3.63, 3.8) is 0 Å². The van der Waals surface area contributed by atoms with Crippen LogP contribution in [-0.4, -0.2) is 171 Å². The molecule has 0 bridgehead atoms. The van der Waals surface area contributed by atoms with Gasteiger partial charge in [-0.15, -0.1) is 0 Å². The molecule has 3 aliphatic heterocycles. The molecule has 0 unspecified atom stereocenters. The Kier molecular flexibility index (Phi) is 19.1. The molecule has 9 atom stereocenters. The number of nitrogens with two attached hydrogens (primary N) is 1. The van der Waals surface area contributed by atoms with Crippen LogP contribution in [0.2, 0.25) is 0 Å². The van der Waals surface area contributed by atoms with Crippen molar-refractivity contribution < 1.29 is 82.5 Å². The molecule has 7 amide bonds. The normalized spacial score (nSPS) is 22.0. The fraction of sp³-hybridized carbons (Fsp3) is 0.481. The largest absolute Gasteiger partial charge is 0.458 e. The fourth-order valence-corrected chi connectivity index (χ4v) is 10.5. The number of benzene rings is 2. The molecule has 440 valence electrons. The van der Waals surface area contributed by atoms with Gasteiger partial charge in [0.15, 0.2) is 5.60 Å². The molecule has 2 aromatic heterocycles. The summed E-state index contributed by atoms with van der Waals surface area (Å²) in [6.45, 7) is -0.745. The summed E-state index contributed by atoms with van der Waals surface area (Å²) in [5.74, 6) is -6.39. The van der Waals surface area contributed by atoms with Crippen LogP contribution < -0.4 is 48.5 Å². The van der Waals surface area contributed by atoms with Gasteiger partial charge in [-0.25, -0.2) is 14.2 Å². The van der Waals surface area contributed by atoms with Gasteiger partial charge in [0.25, 0.3) is 5.56 Å². The third-order valence-corrected chi connectivity index (χ3v) is 15.1. The highest BCUT2D eigenvalue weighted by molar-refractivity contribution is 5.95. The predicted molar refractivity (Wildman–Crippen MR) is 282 cm³/mol. The second-order valence-electron chi connectivity index (χ2n) is 20.4. The third kappa shape index (κ3) is 13.1. The maximum Gasteiger partial charge on any atom is 0.343 e. The molecule has 14 N–H and O–H groups in total. The van der Waals surface area contributed by atoms with Crippen LogP contribution in [0.1, 0.15) is 77.6 Å². The molecule has 0 spiro atoms. The van der Waals surface area contributed by atoms with Crippen LogP contribution in [0, 0.1) is 12.7 Å². The Labute approximate surface area is 466 Å². The number of esters is 1. The van der Waals surface area contributed by atoms with E-state index in [9.17, 15) is 68.7 Å². The van der Waals surface area contributed by atoms with E-state index in [2.05, 4.69) is 37.2 Å². The number of aliphatic hydroxyl groups excluding tert-OH is 4. The standard InChI is InChI=1S/C54H65FN10O17/c1-3-54(79)30-14-36-46-28(20-65(36)52(77)29(30)22-81-53(54)78)45-33(11-9-27-25(2)31(55)15-34(64-46)44(27)45)62-43(71)23-80-24-61-41(69)18-60-51(76)35(13-26-7-5-4-6-8-26)63-42(70)19-58-40(68)17-59-50(75)32(56)10-12-39(67)57-16-37-47(72)49(74)48(73)38(21-66)82-37/h4-8,14-15,32-33,35,37-38,47-49,66,72-74,79H,3,9-13,16-24,56H2,1-2H3,(H,57,67)(H,58,68)(H,59,75)(H,60,76)(H,61,69)(H,62,71)(H,63,70)/t32-,33-,35-,37-,38+,47-,48+,49+,54-/m0/s1. The Hall–Kier alpha value is -7.83. The highest BCUT2D eigenvalue weighted by atomic mass is 19.1. The lowest BCUT2D eigenvalue weighted by Gasteiger charge is -2.40. The summed E-state index contributed by atoms with van der Waals surface area (Å²) < 4.78 is 32.9. The summed E-state index contributed by atoms with van der Waals surface area (Å²) in [6, 6.07) is 8.33. The smallest absolute Gasteiger partial charge is 0.343 e. The molecule has 0 saturated carbocycles. The molecular formula is C54H65FN10O17. The number of fused-ring (bicyclic) bond motifs is 5. The number of pyridine rings is 2. The van der Waals surface area contributed by atoms with Gasteiger partial charge in [-0.05, 0) is 60.9 Å². The number of cyclic esters (lactones) is 1. The van der Waals surface area contributed by atoms with Gasteiger partial charge in [-0.2, -0.15) is 0 Å². The minimum Gasteiger partial charge on any atom is -0.458 e. The SMILES string of the molecule is CC[C@@]1(O)C(=O)OCc2c1cc1n(c2=O)Cc2c-1nc1cc(F)c(C)c3c1c2[C@@H](NC(=O)COCNC(=O)CNC(=O)[C@H](Cc1ccccc1)NC(=O)CNC(=O)CNC(=O)[C@@H](N)CCC(=O)NC[C@@H]1O[C@H](CO)[C@@H](O)[C@H](O)[C@H]1O)CC3. The number of aliphatic hydroxyl groups is 5. The first-order valence-electron chi connectivity index (χ1n) is 26.6. The van der Waals surface area contributed by atoms with Crippen molar-refractivity contribution in [2.45, 2.75) is 120 Å². The zero-order valence-corrected chi connectivity index (χ0v) is 44.8. The first-order valence-corrected chi connectivity index (χ1v) is 26.6. The number of halogens is 1. The average Bonchev–Trinajstić information content (AvgIpc) is 1.91. The summed E-state index contributed by atoms with van der Waals surface area (Å²) in [5.41, 5.74) is 7.52. The Morgan fingerprint density at radius 2 is 1.56 bits per heavy atom. The van der Waals surface area contributed by atoms with Gasteiger partial charge < -0.3 is 87.3 Å². The summed E-state index contributed by atoms with van der Waals surface area (Å²) in [7, 11) is 0. The zero-order valence-electron chi connectivity index (χ0n) is 44.8. The van der Waals surface area contributed by atoms with E-state index in [1.54, 1.807) is 50.2 Å². The van der Waals surface area contributed by atoms with Crippen LogP contribution in [0.25, 0.3) is 22.3 Å². The average molecular weight is 1150 g/mol. The van der Waals surface area contributed by atoms with E-state index < -0.39 is 153 Å². The molecular weight excluding hydrogens is 1080 g/mol. The molecule has 27 nitrogen and oxygen atoms in total. The van der Waals surface area contributed by atoms with Crippen LogP contribution >= 0.6 is 0 Å². The number of hydrogen-bond acceptors (Lipinski definition) is 19. The number of nitrogens with zero attached hydrogens (tertiary/aromatic N) is 2. The van der Waals surface area contributed by atoms with Crippen LogP contribution in [0.3, 0.4) is 0 Å². The van der Waals surface area contributed by atoms with Crippen molar-refractivity contribution >= 4 is 58.2 Å². The van der Waals surface area contributed by atoms with E-state index in [1.807, 2.05) is 0 Å². The number of nitrogens with one attached hydrogen (secondary N) is 7. The summed E-state index contributed by atoms with van der Waals surface area (Å²) >= 11 is 0. The minimum atomic E-state index is -2.07. The van der Waals surface area contributed by atoms with E-state index in [0.29, 0.717) is 62.9 Å². The molecule has 8 rings (SSSR count). The lowest BCUT2D eigenvalue weighted by Crippen LogP contribution is -2.60. The van der Waals surface area contributed by atoms with Gasteiger partial charge in [-0.3, -0.25) is 38.4 Å². The van der Waals surface area contributed by atoms with Crippen LogP contribution in [-0.2, 0) is 84.2 Å². The summed E-state index contributed by atoms with van der Waals surface area (Å²) in [6.07, 6.45) is -6.82. The quantitative estimate of drug-likeness (QED) is 0.0168. The van der Waals surface area contributed by atoms with Gasteiger partial charge in [0.1, 0.15) is 62.3 Å². The van der Waals surface area contributed by atoms with E-state index in [-0.39, 0.29) is 56.5 Å². The summed E-state index contributed by atoms with van der Waals surface area (Å²) in [4.78, 5) is 122. The molecule has 28 heteroatoms. The highest BCUT2D eigenvalue weighted by Gasteiger charge is 2.47. The predicted octanol–water partition coefficient (Wildman–Crippen LogP) is -4.14. The van der Waals surface area contributed by atoms with Crippen molar-refractivity contribution in [2.75, 3.05) is 46.1 Å². The van der Waals surface area contributed by atoms with Crippen molar-refractivity contribution in [3.05, 3.63) is 97.6 Å². The number of carbonyl (C=O) groups is 8. The van der Waals surface area contributed by atoms with E-state index in [1.165, 1.54) is 10.6 Å². The zero-order chi connectivity index (χ0) is 59.2. The Morgan fingerprint density at radius 1 is 0.866 bits per heavy atom. The number of ether oxygens (including phenoxy) is 3. The topological polar surface area (TPSA) is 411 Å². The summed E-state index contributed by atoms with van der Waals surface area (Å²) in [5, 5.41) is 68.8. The molecule has 4 aromatic rings. The number of rotatable bonds is 23. The van der Waals surface area contributed by atoms with E-state index in [4.69, 9.17) is 24.9 Å². The van der Waals surface area contributed by atoms with Gasteiger partial charge in [0.2, 0.25) is 41.4 Å².